The van der Waals surface area contributed by atoms with Gasteiger partial charge in [-0.25, -0.2) is 13.2 Å². The van der Waals surface area contributed by atoms with E-state index in [1.54, 1.807) is 0 Å². The average Bonchev–Trinajstić information content (AvgIpc) is 3.27. The molecular weight excluding hydrogens is 880 g/mol. The van der Waals surface area contributed by atoms with E-state index in [4.69, 9.17) is 14.2 Å². The molecule has 0 bridgehead atoms. The maximum absolute atomic E-state index is 12.8. The molecule has 0 unspecified atom stereocenters. The van der Waals surface area contributed by atoms with Gasteiger partial charge in [0.1, 0.15) is 25.4 Å². The van der Waals surface area contributed by atoms with Crippen molar-refractivity contribution in [2.24, 2.45) is 0 Å². The summed E-state index contributed by atoms with van der Waals surface area (Å²) in [5, 5.41) is 33.2. The van der Waals surface area contributed by atoms with E-state index < -0.39 is 65.5 Å². The summed E-state index contributed by atoms with van der Waals surface area (Å²) in [5.74, 6) is -0.859. The molecule has 1 aliphatic rings. The Bertz CT molecular complexity index is 1320. The molecule has 15 nitrogen and oxygen atoms in total. The molecule has 1 saturated heterocycles. The number of allylic oxidation sites excluding steroid dienone is 4. The fraction of sp³-hybridized carbons (Fsp3) is 0.857. The number of amides is 1. The Kier molecular flexibility index (Phi) is 42.4. The number of nitrogens with one attached hydrogen (secondary N) is 1. The van der Waals surface area contributed by atoms with Crippen LogP contribution >= 0.6 is 0 Å². The second-order valence-electron chi connectivity index (χ2n) is 17.6. The van der Waals surface area contributed by atoms with Gasteiger partial charge in [-0.15, -0.1) is 0 Å². The third-order valence-corrected chi connectivity index (χ3v) is 12.2. The maximum Gasteiger partial charge on any atom is 1.00 e. The van der Waals surface area contributed by atoms with Crippen LogP contribution in [0.5, 0.6) is 0 Å². The molecule has 1 rings (SSSR count). The van der Waals surface area contributed by atoms with Crippen molar-refractivity contribution in [3.63, 3.8) is 0 Å². The summed E-state index contributed by atoms with van der Waals surface area (Å²) in [6.07, 6.45) is 32.8. The van der Waals surface area contributed by atoms with E-state index in [0.29, 0.717) is 12.8 Å². The Labute approximate surface area is 421 Å². The van der Waals surface area contributed by atoms with Gasteiger partial charge in [0.25, 0.3) is 0 Å². The van der Waals surface area contributed by atoms with Gasteiger partial charge in [-0.05, 0) is 70.6 Å². The monoisotopic (exact) mass is 969 g/mol. The summed E-state index contributed by atoms with van der Waals surface area (Å²) < 4.78 is 53.9. The van der Waals surface area contributed by atoms with E-state index in [0.717, 1.165) is 77.0 Å². The van der Waals surface area contributed by atoms with Crippen LogP contribution < -0.4 is 34.9 Å². The Morgan fingerprint density at radius 2 is 1.08 bits per heavy atom. The number of carbonyl (C=O) groups is 3. The van der Waals surface area contributed by atoms with Crippen LogP contribution in [0.3, 0.4) is 0 Å². The molecule has 1 aliphatic heterocycles. The van der Waals surface area contributed by atoms with Crippen molar-refractivity contribution in [3.8, 4) is 0 Å². The summed E-state index contributed by atoms with van der Waals surface area (Å²) in [6.45, 7) is 3.28. The zero-order valence-corrected chi connectivity index (χ0v) is 44.0. The SMILES string of the molecule is CCCCCCCC/C=C\CCCCCCCC(=O)OCC(COC(=O)CCCCCCC/C=C\CCCCCCCC)OC(=O)NCCCN1C[C@H](O)[C@@H](OS(=O)(=O)[O-])[C@@H](O)[C@H]1CO.[Na+]. The van der Waals surface area contributed by atoms with Gasteiger partial charge in [-0.2, -0.15) is 0 Å². The number of likely N-dealkylation sites (tertiary alicyclic amines) is 1. The maximum atomic E-state index is 12.8. The van der Waals surface area contributed by atoms with E-state index in [1.165, 1.54) is 81.9 Å². The third-order valence-electron chi connectivity index (χ3n) is 11.7. The Morgan fingerprint density at radius 3 is 1.48 bits per heavy atom. The van der Waals surface area contributed by atoms with Crippen molar-refractivity contribution in [2.75, 3.05) is 39.5 Å². The molecule has 1 fully saturated rings. The van der Waals surface area contributed by atoms with Crippen LogP contribution in [0, 0.1) is 0 Å². The molecule has 0 spiro atoms. The predicted octanol–water partition coefficient (Wildman–Crippen LogP) is 5.88. The quantitative estimate of drug-likeness (QED) is 0.0107. The topological polar surface area (TPSA) is 221 Å². The molecule has 4 atom stereocenters. The van der Waals surface area contributed by atoms with Gasteiger partial charge in [0, 0.05) is 32.5 Å². The van der Waals surface area contributed by atoms with Crippen LogP contribution in [-0.2, 0) is 38.4 Å². The minimum absolute atomic E-state index is 0. The molecular formula is C49H89N2NaO13S. The van der Waals surface area contributed by atoms with Crippen LogP contribution in [0.25, 0.3) is 0 Å². The average molecular weight is 969 g/mol. The Hall–Kier alpha value is -1.60. The zero-order valence-electron chi connectivity index (χ0n) is 41.2. The summed E-state index contributed by atoms with van der Waals surface area (Å²) in [7, 11) is -5.22. The van der Waals surface area contributed by atoms with Crippen molar-refractivity contribution in [3.05, 3.63) is 24.3 Å². The van der Waals surface area contributed by atoms with Gasteiger partial charge < -0.3 is 39.4 Å². The minimum Gasteiger partial charge on any atom is -0.726 e. The van der Waals surface area contributed by atoms with Crippen LogP contribution in [0.4, 0.5) is 4.79 Å². The van der Waals surface area contributed by atoms with Gasteiger partial charge in [0.15, 0.2) is 6.10 Å². The molecule has 66 heavy (non-hydrogen) atoms. The number of hydrogen-bond donors (Lipinski definition) is 4. The normalized spacial score (nSPS) is 17.9. The van der Waals surface area contributed by atoms with Crippen molar-refractivity contribution in [1.29, 1.82) is 0 Å². The number of nitrogens with zero attached hydrogens (tertiary/aromatic N) is 1. The van der Waals surface area contributed by atoms with Crippen molar-refractivity contribution < 1.29 is 90.6 Å². The number of rotatable bonds is 42. The van der Waals surface area contributed by atoms with E-state index in [-0.39, 0.29) is 81.7 Å². The largest absolute Gasteiger partial charge is 1.00 e. The minimum atomic E-state index is -5.22. The summed E-state index contributed by atoms with van der Waals surface area (Å²) in [5.41, 5.74) is 0. The van der Waals surface area contributed by atoms with Crippen LogP contribution in [-0.4, -0.2) is 121 Å². The zero-order chi connectivity index (χ0) is 47.8. The van der Waals surface area contributed by atoms with Crippen LogP contribution in [0.15, 0.2) is 24.3 Å². The number of hydrogen-bond acceptors (Lipinski definition) is 14. The second kappa shape index (κ2) is 43.4. The molecule has 0 saturated carbocycles. The van der Waals surface area contributed by atoms with Crippen molar-refractivity contribution in [1.82, 2.24) is 10.2 Å². The molecule has 0 aromatic rings. The Morgan fingerprint density at radius 1 is 0.667 bits per heavy atom. The van der Waals surface area contributed by atoms with Gasteiger partial charge >= 0.3 is 47.6 Å². The predicted molar refractivity (Wildman–Crippen MR) is 253 cm³/mol. The third kappa shape index (κ3) is 36.4. The first kappa shape index (κ1) is 64.4. The first-order valence-corrected chi connectivity index (χ1v) is 26.7. The molecule has 17 heteroatoms. The number of piperidine rings is 1. The number of aliphatic hydroxyl groups is 3. The van der Waals surface area contributed by atoms with Gasteiger partial charge in [-0.3, -0.25) is 18.7 Å². The first-order chi connectivity index (χ1) is 31.4. The number of esters is 2. The van der Waals surface area contributed by atoms with Crippen LogP contribution in [0.1, 0.15) is 200 Å². The van der Waals surface area contributed by atoms with Gasteiger partial charge in [0.2, 0.25) is 10.4 Å². The first-order valence-electron chi connectivity index (χ1n) is 25.3. The molecule has 4 N–H and O–H groups in total. The molecule has 0 aromatic heterocycles. The molecule has 0 aromatic carbocycles. The molecule has 1 heterocycles. The summed E-state index contributed by atoms with van der Waals surface area (Å²) >= 11 is 0. The number of unbranched alkanes of at least 4 members (excludes halogenated alkanes) is 22. The number of β-amino-alcohol motifs (C(OH)–C–C–N with tert-alkyl or cyclic N) is 1. The standard InChI is InChI=1S/C49H90N2O13S.Na/c1-3-5-7-9-11-13-15-17-19-21-23-25-27-29-31-34-45(54)61-40-42(41-62-46(55)35-32-30-28-26-24-22-20-18-16-14-12-10-8-6-4-2)63-49(57)50-36-33-37-51-38-44(53)48(64-65(58,59)60)47(56)43(51)39-52;/h17-20,42-44,47-48,52-53,56H,3-16,21-41H2,1-2H3,(H,50,57)(H,58,59,60);/q;+1/p-1/b19-17-,20-18-;/t43-,44+,47+,48-;/m1./s1. The number of ether oxygens (including phenoxy) is 3. The van der Waals surface area contributed by atoms with Gasteiger partial charge in [0.05, 0.1) is 18.8 Å². The molecule has 0 radical (unpaired) electrons. The molecule has 1 amide bonds. The van der Waals surface area contributed by atoms with E-state index in [2.05, 4.69) is 47.7 Å². The number of carbonyl (C=O) groups excluding carboxylic acids is 3. The van der Waals surface area contributed by atoms with E-state index in [9.17, 15) is 42.7 Å². The summed E-state index contributed by atoms with van der Waals surface area (Å²) in [6, 6.07) is -1.04. The fourth-order valence-electron chi connectivity index (χ4n) is 7.86. The van der Waals surface area contributed by atoms with Gasteiger partial charge in [-0.1, -0.05) is 141 Å². The van der Waals surface area contributed by atoms with E-state index >= 15 is 0 Å². The molecule has 380 valence electrons. The second-order valence-corrected chi connectivity index (χ2v) is 18.6. The number of aliphatic hydroxyl groups excluding tert-OH is 3. The molecule has 0 aliphatic carbocycles. The fourth-order valence-corrected chi connectivity index (χ4v) is 8.37. The smallest absolute Gasteiger partial charge is 0.726 e. The van der Waals surface area contributed by atoms with Crippen molar-refractivity contribution >= 4 is 28.4 Å². The number of alkyl carbamates (subject to hydrolysis) is 1. The van der Waals surface area contributed by atoms with Crippen molar-refractivity contribution in [2.45, 2.75) is 231 Å². The van der Waals surface area contributed by atoms with Crippen LogP contribution in [0.2, 0.25) is 0 Å². The van der Waals surface area contributed by atoms with E-state index in [1.807, 2.05) is 0 Å². The Balaban J connectivity index is 0.0000422. The summed E-state index contributed by atoms with van der Waals surface area (Å²) in [4.78, 5) is 39.5.